The number of amides is 6. The molecular formula is C34H39N11O6S. The van der Waals surface area contributed by atoms with Crippen LogP contribution in [-0.2, 0) is 14.4 Å². The van der Waals surface area contributed by atoms with E-state index in [0.717, 1.165) is 66.9 Å². The molecule has 0 aliphatic carbocycles. The first kappa shape index (κ1) is 34.9. The fraction of sp³-hybridized carbons (Fsp3) is 0.441. The number of piperidine rings is 1. The van der Waals surface area contributed by atoms with E-state index in [-0.39, 0.29) is 29.9 Å². The Bertz CT molecular complexity index is 1940. The molecule has 4 aliphatic heterocycles. The number of carbonyl (C=O) groups is 6. The van der Waals surface area contributed by atoms with Crippen molar-refractivity contribution in [2.75, 3.05) is 74.0 Å². The zero-order valence-electron chi connectivity index (χ0n) is 28.7. The van der Waals surface area contributed by atoms with Gasteiger partial charge in [0.15, 0.2) is 5.13 Å². The Morgan fingerprint density at radius 2 is 1.67 bits per heavy atom. The first-order valence-corrected chi connectivity index (χ1v) is 18.1. The van der Waals surface area contributed by atoms with E-state index in [4.69, 9.17) is 5.73 Å². The minimum atomic E-state index is -1.00. The Hall–Kier alpha value is -5.49. The lowest BCUT2D eigenvalue weighted by molar-refractivity contribution is -0.136. The first-order valence-electron chi connectivity index (χ1n) is 17.3. The van der Waals surface area contributed by atoms with Gasteiger partial charge in [0.1, 0.15) is 28.4 Å². The first-order chi connectivity index (χ1) is 25.0. The second-order valence-electron chi connectivity index (χ2n) is 13.2. The number of nitrogens with one attached hydrogen (secondary N) is 2. The molecule has 17 nitrogen and oxygen atoms in total. The highest BCUT2D eigenvalue weighted by Crippen LogP contribution is 2.31. The molecule has 2 aromatic heterocycles. The van der Waals surface area contributed by atoms with Gasteiger partial charge in [-0.3, -0.25) is 43.9 Å². The molecule has 7 rings (SSSR count). The third kappa shape index (κ3) is 7.29. The van der Waals surface area contributed by atoms with Crippen LogP contribution >= 0.6 is 11.3 Å². The van der Waals surface area contributed by atoms with E-state index in [9.17, 15) is 28.8 Å². The number of rotatable bonds is 10. The number of nitrogens with zero attached hydrogens (tertiary/aromatic N) is 8. The van der Waals surface area contributed by atoms with Crippen molar-refractivity contribution in [3.05, 3.63) is 52.3 Å². The van der Waals surface area contributed by atoms with E-state index in [1.54, 1.807) is 18.2 Å². The molecular weight excluding hydrogens is 691 g/mol. The summed E-state index contributed by atoms with van der Waals surface area (Å²) in [7, 11) is 0. The second kappa shape index (κ2) is 14.6. The summed E-state index contributed by atoms with van der Waals surface area (Å²) in [6.45, 7) is 8.17. The lowest BCUT2D eigenvalue weighted by atomic mass is 10.0. The van der Waals surface area contributed by atoms with Crippen LogP contribution in [0.5, 0.6) is 0 Å². The van der Waals surface area contributed by atoms with Crippen molar-refractivity contribution in [3.8, 4) is 0 Å². The molecule has 52 heavy (non-hydrogen) atoms. The molecule has 3 saturated heterocycles. The summed E-state index contributed by atoms with van der Waals surface area (Å²) in [6, 6.07) is 5.96. The SMILES string of the molecule is Cc1nc(Nc2ncc(C(N)=O)s2)cc(N2CCN(CCCC(=O)N3CCN(c4ccc5c(c4)C(=O)N(C4CCC(=O)NC4=O)C5=O)CC3)CC2)n1. The fourth-order valence-electron chi connectivity index (χ4n) is 7.02. The average Bonchev–Trinajstić information content (AvgIpc) is 3.70. The van der Waals surface area contributed by atoms with Crippen LogP contribution in [0.3, 0.4) is 0 Å². The van der Waals surface area contributed by atoms with Crippen LogP contribution < -0.4 is 26.2 Å². The largest absolute Gasteiger partial charge is 0.368 e. The predicted molar refractivity (Wildman–Crippen MR) is 190 cm³/mol. The minimum absolute atomic E-state index is 0.0684. The molecule has 1 atom stereocenters. The topological polar surface area (TPSA) is 207 Å². The van der Waals surface area contributed by atoms with Crippen molar-refractivity contribution in [2.45, 2.75) is 38.6 Å². The number of imide groups is 2. The van der Waals surface area contributed by atoms with Crippen LogP contribution in [0, 0.1) is 6.92 Å². The van der Waals surface area contributed by atoms with Crippen LogP contribution in [-0.4, -0.2) is 130 Å². The standard InChI is InChI=1S/C34H39N11O6S/c1-20-37-26(39-34-36-19-25(52-34)30(35)48)18-27(38-20)43-11-9-41(10-12-43)8-2-3-29(47)44-15-13-42(14-16-44)21-4-5-22-23(17-21)33(51)45(32(22)50)24-6-7-28(46)40-31(24)49/h4-5,17-19,24H,2-3,6-16H2,1H3,(H2,35,48)(H,40,46,49)(H,36,37,38,39). The highest BCUT2D eigenvalue weighted by molar-refractivity contribution is 7.17. The van der Waals surface area contributed by atoms with Gasteiger partial charge in [0.05, 0.1) is 17.3 Å². The summed E-state index contributed by atoms with van der Waals surface area (Å²) >= 11 is 1.16. The normalized spacial score (nSPS) is 19.6. The molecule has 4 aliphatic rings. The molecule has 0 radical (unpaired) electrons. The summed E-state index contributed by atoms with van der Waals surface area (Å²) in [5, 5.41) is 5.88. The number of piperazine rings is 2. The number of carbonyl (C=O) groups excluding carboxylic acids is 6. The van der Waals surface area contributed by atoms with Gasteiger partial charge in [0.25, 0.3) is 17.7 Å². The van der Waals surface area contributed by atoms with Crippen LogP contribution in [0.25, 0.3) is 0 Å². The van der Waals surface area contributed by atoms with Crippen molar-refractivity contribution >= 4 is 69.2 Å². The van der Waals surface area contributed by atoms with Crippen LogP contribution in [0.4, 0.5) is 22.5 Å². The third-order valence-corrected chi connectivity index (χ3v) is 10.7. The van der Waals surface area contributed by atoms with Crippen molar-refractivity contribution in [1.82, 2.24) is 35.0 Å². The van der Waals surface area contributed by atoms with Gasteiger partial charge >= 0.3 is 0 Å². The lowest BCUT2D eigenvalue weighted by Gasteiger charge is -2.37. The maximum atomic E-state index is 13.2. The van der Waals surface area contributed by atoms with Gasteiger partial charge in [-0.1, -0.05) is 11.3 Å². The number of fused-ring (bicyclic) bond motifs is 1. The minimum Gasteiger partial charge on any atom is -0.368 e. The summed E-state index contributed by atoms with van der Waals surface area (Å²) in [6.07, 6.45) is 2.83. The molecule has 272 valence electrons. The average molecular weight is 730 g/mol. The van der Waals surface area contributed by atoms with Gasteiger partial charge in [0.2, 0.25) is 17.7 Å². The zero-order chi connectivity index (χ0) is 36.5. The van der Waals surface area contributed by atoms with Gasteiger partial charge in [-0.2, -0.15) is 0 Å². The Morgan fingerprint density at radius 1 is 0.942 bits per heavy atom. The summed E-state index contributed by atoms with van der Waals surface area (Å²) in [5.74, 6) is -0.505. The number of benzene rings is 1. The maximum Gasteiger partial charge on any atom is 0.262 e. The van der Waals surface area contributed by atoms with Gasteiger partial charge in [-0.15, -0.1) is 0 Å². The van der Waals surface area contributed by atoms with Crippen LogP contribution in [0.1, 0.15) is 61.9 Å². The molecule has 1 aromatic carbocycles. The molecule has 6 amide bonds. The predicted octanol–water partition coefficient (Wildman–Crippen LogP) is 0.736. The van der Waals surface area contributed by atoms with Crippen molar-refractivity contribution in [2.24, 2.45) is 5.73 Å². The molecule has 0 spiro atoms. The van der Waals surface area contributed by atoms with Gasteiger partial charge in [-0.25, -0.2) is 15.0 Å². The van der Waals surface area contributed by atoms with Gasteiger partial charge in [-0.05, 0) is 44.5 Å². The number of nitrogens with two attached hydrogens (primary N) is 1. The fourth-order valence-corrected chi connectivity index (χ4v) is 7.69. The monoisotopic (exact) mass is 729 g/mol. The number of hydrogen-bond donors (Lipinski definition) is 3. The van der Waals surface area contributed by atoms with Gasteiger partial charge < -0.3 is 25.8 Å². The number of aromatic nitrogens is 3. The molecule has 18 heteroatoms. The Kier molecular flexibility index (Phi) is 9.83. The molecule has 1 unspecified atom stereocenters. The van der Waals surface area contributed by atoms with Crippen LogP contribution in [0.15, 0.2) is 30.5 Å². The van der Waals surface area contributed by atoms with E-state index in [0.29, 0.717) is 54.3 Å². The number of thiazole rings is 1. The quantitative estimate of drug-likeness (QED) is 0.247. The van der Waals surface area contributed by atoms with E-state index in [1.807, 2.05) is 17.9 Å². The molecule has 4 N–H and O–H groups in total. The zero-order valence-corrected chi connectivity index (χ0v) is 29.5. The van der Waals surface area contributed by atoms with Crippen molar-refractivity contribution in [1.29, 1.82) is 0 Å². The van der Waals surface area contributed by atoms with E-state index in [1.165, 1.54) is 6.20 Å². The van der Waals surface area contributed by atoms with Crippen LogP contribution in [0.2, 0.25) is 0 Å². The number of hydrogen-bond acceptors (Lipinski definition) is 14. The van der Waals surface area contributed by atoms with Gasteiger partial charge in [0, 0.05) is 77.0 Å². The van der Waals surface area contributed by atoms with Crippen molar-refractivity contribution in [3.63, 3.8) is 0 Å². The third-order valence-electron chi connectivity index (χ3n) is 9.79. The lowest BCUT2D eigenvalue weighted by Crippen LogP contribution is -2.54. The molecule has 0 saturated carbocycles. The van der Waals surface area contributed by atoms with E-state index < -0.39 is 35.6 Å². The number of anilines is 4. The number of primary amides is 1. The summed E-state index contributed by atoms with van der Waals surface area (Å²) in [4.78, 5) is 97.9. The van der Waals surface area contributed by atoms with E-state index >= 15 is 0 Å². The molecule has 3 aromatic rings. The Balaban J connectivity index is 0.847. The molecule has 6 heterocycles. The van der Waals surface area contributed by atoms with Crippen molar-refractivity contribution < 1.29 is 28.8 Å². The summed E-state index contributed by atoms with van der Waals surface area (Å²) in [5.41, 5.74) is 6.61. The molecule has 3 fully saturated rings. The smallest absolute Gasteiger partial charge is 0.262 e. The second-order valence-corrected chi connectivity index (χ2v) is 14.2. The number of aryl methyl sites for hydroxylation is 1. The Labute approximate surface area is 303 Å². The Morgan fingerprint density at radius 3 is 2.38 bits per heavy atom. The summed E-state index contributed by atoms with van der Waals surface area (Å²) < 4.78 is 0. The van der Waals surface area contributed by atoms with E-state index in [2.05, 4.69) is 40.3 Å². The molecule has 0 bridgehead atoms. The highest BCUT2D eigenvalue weighted by Gasteiger charge is 2.44. The maximum absolute atomic E-state index is 13.2. The highest BCUT2D eigenvalue weighted by atomic mass is 32.1.